The van der Waals surface area contributed by atoms with Crippen LogP contribution in [0.1, 0.15) is 22.3 Å². The van der Waals surface area contributed by atoms with Crippen LogP contribution < -0.4 is 14.4 Å². The van der Waals surface area contributed by atoms with E-state index in [1.165, 1.54) is 30.1 Å². The summed E-state index contributed by atoms with van der Waals surface area (Å²) in [6.45, 7) is 3.09. The van der Waals surface area contributed by atoms with Gasteiger partial charge in [-0.15, -0.1) is 0 Å². The first-order chi connectivity index (χ1) is 21.0. The zero-order valence-corrected chi connectivity index (χ0v) is 26.7. The molecule has 0 saturated heterocycles. The molecule has 0 aliphatic rings. The molecule has 10 heteroatoms. The number of likely N-dealkylation sites (N-methyl/N-ethyl adjacent to an activating group) is 1. The SMILES string of the molecule is CNC(=O)[C@@H](Cc1ccccc1)N(Cc1cccc(OC)c1)C(=O)CN(c1cc(Cl)ccc1C)S(=O)(=O)c1ccc(C)cc1. The van der Waals surface area contributed by atoms with Crippen LogP contribution in [0, 0.1) is 13.8 Å². The molecule has 8 nitrogen and oxygen atoms in total. The minimum atomic E-state index is -4.23. The molecular weight excluding hydrogens is 598 g/mol. The molecule has 0 heterocycles. The lowest BCUT2D eigenvalue weighted by Crippen LogP contribution is -2.53. The van der Waals surface area contributed by atoms with Crippen molar-refractivity contribution in [3.63, 3.8) is 0 Å². The van der Waals surface area contributed by atoms with Crippen LogP contribution in [0.4, 0.5) is 5.69 Å². The summed E-state index contributed by atoms with van der Waals surface area (Å²) >= 11 is 6.33. The van der Waals surface area contributed by atoms with Gasteiger partial charge in [-0.25, -0.2) is 8.42 Å². The van der Waals surface area contributed by atoms with E-state index in [9.17, 15) is 18.0 Å². The normalized spacial score (nSPS) is 11.8. The predicted octanol–water partition coefficient (Wildman–Crippen LogP) is 5.55. The average Bonchev–Trinajstić information content (AvgIpc) is 3.03. The van der Waals surface area contributed by atoms with Crippen LogP contribution in [-0.2, 0) is 32.6 Å². The molecular formula is C34H36ClN3O5S. The average molecular weight is 634 g/mol. The summed E-state index contributed by atoms with van der Waals surface area (Å²) in [7, 11) is -1.17. The van der Waals surface area contributed by atoms with Gasteiger partial charge in [-0.2, -0.15) is 0 Å². The lowest BCUT2D eigenvalue weighted by molar-refractivity contribution is -0.139. The highest BCUT2D eigenvalue weighted by molar-refractivity contribution is 7.92. The summed E-state index contributed by atoms with van der Waals surface area (Å²) in [6, 6.07) is 26.9. The topological polar surface area (TPSA) is 96.0 Å². The Morgan fingerprint density at radius 2 is 1.57 bits per heavy atom. The molecule has 0 bridgehead atoms. The number of carbonyl (C=O) groups is 2. The summed E-state index contributed by atoms with van der Waals surface area (Å²) in [5, 5.41) is 3.01. The number of sulfonamides is 1. The van der Waals surface area contributed by atoms with Gasteiger partial charge in [0.25, 0.3) is 10.0 Å². The number of aryl methyl sites for hydroxylation is 2. The van der Waals surface area contributed by atoms with Gasteiger partial charge in [0.05, 0.1) is 17.7 Å². The van der Waals surface area contributed by atoms with Crippen LogP contribution in [0.5, 0.6) is 5.75 Å². The first kappa shape index (κ1) is 32.6. The first-order valence-corrected chi connectivity index (χ1v) is 15.9. The van der Waals surface area contributed by atoms with Gasteiger partial charge in [-0.3, -0.25) is 13.9 Å². The number of hydrogen-bond acceptors (Lipinski definition) is 5. The van der Waals surface area contributed by atoms with Crippen molar-refractivity contribution < 1.29 is 22.7 Å². The number of carbonyl (C=O) groups excluding carboxylic acids is 2. The Morgan fingerprint density at radius 3 is 2.23 bits per heavy atom. The van der Waals surface area contributed by atoms with Crippen LogP contribution >= 0.6 is 11.6 Å². The van der Waals surface area contributed by atoms with Crippen molar-refractivity contribution in [2.45, 2.75) is 37.8 Å². The number of amides is 2. The van der Waals surface area contributed by atoms with E-state index in [1.54, 1.807) is 56.5 Å². The number of benzene rings is 4. The van der Waals surface area contributed by atoms with Crippen LogP contribution in [-0.4, -0.2) is 51.9 Å². The van der Waals surface area contributed by atoms with Gasteiger partial charge in [0.2, 0.25) is 11.8 Å². The molecule has 4 rings (SSSR count). The van der Waals surface area contributed by atoms with Gasteiger partial charge in [0.1, 0.15) is 18.3 Å². The molecule has 0 radical (unpaired) electrons. The molecule has 230 valence electrons. The number of anilines is 1. The fraction of sp³-hybridized carbons (Fsp3) is 0.235. The Balaban J connectivity index is 1.82. The second-order valence-corrected chi connectivity index (χ2v) is 12.7. The Kier molecular flexibility index (Phi) is 10.7. The van der Waals surface area contributed by atoms with E-state index < -0.39 is 28.5 Å². The third kappa shape index (κ3) is 7.78. The van der Waals surface area contributed by atoms with E-state index in [0.29, 0.717) is 21.9 Å². The molecule has 4 aromatic rings. The fourth-order valence-corrected chi connectivity index (χ4v) is 6.53. The zero-order chi connectivity index (χ0) is 31.9. The minimum Gasteiger partial charge on any atom is -0.497 e. The highest BCUT2D eigenvalue weighted by atomic mass is 35.5. The molecule has 0 fully saturated rings. The summed E-state index contributed by atoms with van der Waals surface area (Å²) in [4.78, 5) is 29.3. The van der Waals surface area contributed by atoms with E-state index >= 15 is 0 Å². The van der Waals surface area contributed by atoms with Gasteiger partial charge in [0.15, 0.2) is 0 Å². The molecule has 1 N–H and O–H groups in total. The second kappa shape index (κ2) is 14.4. The van der Waals surface area contributed by atoms with Gasteiger partial charge < -0.3 is 15.0 Å². The largest absolute Gasteiger partial charge is 0.497 e. The van der Waals surface area contributed by atoms with Gasteiger partial charge >= 0.3 is 0 Å². The number of rotatable bonds is 12. The Bertz CT molecular complexity index is 1710. The number of methoxy groups -OCH3 is 1. The summed E-state index contributed by atoms with van der Waals surface area (Å²) < 4.78 is 34.8. The summed E-state index contributed by atoms with van der Waals surface area (Å²) in [5.41, 5.74) is 3.34. The van der Waals surface area contributed by atoms with Crippen molar-refractivity contribution in [1.82, 2.24) is 10.2 Å². The molecule has 4 aromatic carbocycles. The van der Waals surface area contributed by atoms with Gasteiger partial charge in [-0.05, 0) is 66.9 Å². The van der Waals surface area contributed by atoms with Crippen molar-refractivity contribution >= 4 is 39.1 Å². The Morgan fingerprint density at radius 1 is 0.886 bits per heavy atom. The zero-order valence-electron chi connectivity index (χ0n) is 25.2. The van der Waals surface area contributed by atoms with Crippen LogP contribution in [0.3, 0.4) is 0 Å². The van der Waals surface area contributed by atoms with E-state index in [2.05, 4.69) is 5.32 Å². The quantitative estimate of drug-likeness (QED) is 0.221. The van der Waals surface area contributed by atoms with E-state index in [-0.39, 0.29) is 29.5 Å². The van der Waals surface area contributed by atoms with Crippen molar-refractivity contribution in [3.05, 3.63) is 124 Å². The molecule has 0 saturated carbocycles. The standard InChI is InChI=1S/C34H36ClN3O5S/c1-24-13-17-30(18-14-24)44(41,42)38(31-21-28(35)16-15-25(31)2)23-33(39)37(22-27-11-8-12-29(19-27)43-4)32(34(40)36-3)20-26-9-6-5-7-10-26/h5-19,21,32H,20,22-23H2,1-4H3,(H,36,40)/t32-/m1/s1. The number of ether oxygens (including phenoxy) is 1. The first-order valence-electron chi connectivity index (χ1n) is 14.1. The third-order valence-electron chi connectivity index (χ3n) is 7.33. The van der Waals surface area contributed by atoms with Gasteiger partial charge in [0, 0.05) is 25.0 Å². The maximum atomic E-state index is 14.4. The molecule has 0 aliphatic heterocycles. The lowest BCUT2D eigenvalue weighted by atomic mass is 10.0. The van der Waals surface area contributed by atoms with Crippen molar-refractivity contribution in [3.8, 4) is 5.75 Å². The van der Waals surface area contributed by atoms with Crippen LogP contribution in [0.2, 0.25) is 5.02 Å². The van der Waals surface area contributed by atoms with Crippen molar-refractivity contribution in [2.24, 2.45) is 0 Å². The minimum absolute atomic E-state index is 0.0294. The smallest absolute Gasteiger partial charge is 0.264 e. The van der Waals surface area contributed by atoms with E-state index in [4.69, 9.17) is 16.3 Å². The maximum absolute atomic E-state index is 14.4. The highest BCUT2D eigenvalue weighted by Crippen LogP contribution is 2.30. The Hall–Kier alpha value is -4.34. The number of nitrogens with one attached hydrogen (secondary N) is 1. The number of halogens is 1. The summed E-state index contributed by atoms with van der Waals surface area (Å²) in [6.07, 6.45) is 0.219. The molecule has 1 atom stereocenters. The third-order valence-corrected chi connectivity index (χ3v) is 9.34. The fourth-order valence-electron chi connectivity index (χ4n) is 4.89. The van der Waals surface area contributed by atoms with E-state index in [1.807, 2.05) is 43.3 Å². The predicted molar refractivity (Wildman–Crippen MR) is 173 cm³/mol. The number of nitrogens with zero attached hydrogens (tertiary/aromatic N) is 2. The molecule has 44 heavy (non-hydrogen) atoms. The second-order valence-electron chi connectivity index (χ2n) is 10.4. The summed E-state index contributed by atoms with van der Waals surface area (Å²) in [5.74, 6) is -0.350. The van der Waals surface area contributed by atoms with Crippen molar-refractivity contribution in [1.29, 1.82) is 0 Å². The Labute approximate surface area is 264 Å². The monoisotopic (exact) mass is 633 g/mol. The maximum Gasteiger partial charge on any atom is 0.264 e. The molecule has 0 aromatic heterocycles. The van der Waals surface area contributed by atoms with Crippen LogP contribution in [0.25, 0.3) is 0 Å². The highest BCUT2D eigenvalue weighted by Gasteiger charge is 2.35. The molecule has 0 unspecified atom stereocenters. The lowest BCUT2D eigenvalue weighted by Gasteiger charge is -2.34. The van der Waals surface area contributed by atoms with Gasteiger partial charge in [-0.1, -0.05) is 77.8 Å². The molecule has 0 aliphatic carbocycles. The van der Waals surface area contributed by atoms with Crippen LogP contribution in [0.15, 0.2) is 102 Å². The molecule has 0 spiro atoms. The number of hydrogen-bond donors (Lipinski definition) is 1. The van der Waals surface area contributed by atoms with E-state index in [0.717, 1.165) is 15.4 Å². The van der Waals surface area contributed by atoms with Crippen molar-refractivity contribution in [2.75, 3.05) is 25.0 Å². The molecule has 2 amide bonds.